The van der Waals surface area contributed by atoms with Gasteiger partial charge in [0.05, 0.1) is 6.54 Å². The highest BCUT2D eigenvalue weighted by atomic mass is 32.2. The molecule has 0 aliphatic rings. The second-order valence-corrected chi connectivity index (χ2v) is 6.23. The molecule has 0 rings (SSSR count). The predicted octanol–water partition coefficient (Wildman–Crippen LogP) is -0.485. The van der Waals surface area contributed by atoms with Crippen LogP contribution in [0.5, 0.6) is 0 Å². The van der Waals surface area contributed by atoms with Crippen molar-refractivity contribution in [1.29, 1.82) is 0 Å². The molecule has 5 nitrogen and oxygen atoms in total. The fourth-order valence-electron chi connectivity index (χ4n) is 0.586. The van der Waals surface area contributed by atoms with E-state index in [9.17, 15) is 18.0 Å². The van der Waals surface area contributed by atoms with Gasteiger partial charge in [-0.2, -0.15) is 0 Å². The Hall–Kier alpha value is -0.910. The second kappa shape index (κ2) is 4.08. The average molecular weight is 221 g/mol. The number of carbonyl (C=O) groups is 2. The molecular weight excluding hydrogens is 206 g/mol. The van der Waals surface area contributed by atoms with Gasteiger partial charge in [-0.3, -0.25) is 9.59 Å². The zero-order valence-electron chi connectivity index (χ0n) is 8.75. The van der Waals surface area contributed by atoms with E-state index in [1.165, 1.54) is 20.8 Å². The van der Waals surface area contributed by atoms with E-state index in [4.69, 9.17) is 0 Å². The van der Waals surface area contributed by atoms with Crippen LogP contribution >= 0.6 is 0 Å². The zero-order chi connectivity index (χ0) is 11.6. The highest BCUT2D eigenvalue weighted by Crippen LogP contribution is 2.14. The van der Waals surface area contributed by atoms with Crippen LogP contribution in [-0.4, -0.2) is 37.7 Å². The molecule has 0 aromatic rings. The Morgan fingerprint density at radius 3 is 2.00 bits per heavy atom. The number of hydrogen-bond acceptors (Lipinski definition) is 4. The second-order valence-electron chi connectivity index (χ2n) is 3.67. The van der Waals surface area contributed by atoms with Crippen molar-refractivity contribution < 1.29 is 18.0 Å². The predicted molar refractivity (Wildman–Crippen MR) is 52.6 cm³/mol. The molecule has 0 aliphatic heterocycles. The summed E-state index contributed by atoms with van der Waals surface area (Å²) in [7, 11) is -3.47. The molecule has 82 valence electrons. The Morgan fingerprint density at radius 1 is 1.29 bits per heavy atom. The first-order chi connectivity index (χ1) is 6.09. The van der Waals surface area contributed by atoms with E-state index < -0.39 is 20.5 Å². The van der Waals surface area contributed by atoms with Crippen molar-refractivity contribution in [2.75, 3.05) is 12.8 Å². The lowest BCUT2D eigenvalue weighted by molar-refractivity contribution is -0.125. The van der Waals surface area contributed by atoms with E-state index in [-0.39, 0.29) is 12.3 Å². The maximum Gasteiger partial charge on any atom is 0.241 e. The first kappa shape index (κ1) is 13.1. The van der Waals surface area contributed by atoms with Crippen LogP contribution in [-0.2, 0) is 19.4 Å². The Bertz CT molecular complexity index is 342. The number of carbonyl (C=O) groups excluding carboxylic acids is 2. The number of nitrogens with one attached hydrogen (secondary N) is 1. The molecule has 0 atom stereocenters. The van der Waals surface area contributed by atoms with Gasteiger partial charge in [0.1, 0.15) is 10.5 Å². The number of sulfone groups is 1. The third-order valence-corrected chi connectivity index (χ3v) is 4.01. The average Bonchev–Trinajstić information content (AvgIpc) is 1.97. The summed E-state index contributed by atoms with van der Waals surface area (Å²) in [5.74, 6) is -0.877. The van der Waals surface area contributed by atoms with Crippen molar-refractivity contribution in [3.63, 3.8) is 0 Å². The van der Waals surface area contributed by atoms with Crippen molar-refractivity contribution in [3.8, 4) is 0 Å². The van der Waals surface area contributed by atoms with Crippen LogP contribution < -0.4 is 5.32 Å². The molecule has 0 aliphatic carbocycles. The van der Waals surface area contributed by atoms with Gasteiger partial charge in [-0.05, 0) is 20.8 Å². The highest BCUT2D eigenvalue weighted by Gasteiger charge is 2.38. The largest absolute Gasteiger partial charge is 0.348 e. The summed E-state index contributed by atoms with van der Waals surface area (Å²) in [6.45, 7) is 3.78. The van der Waals surface area contributed by atoms with Gasteiger partial charge in [0, 0.05) is 6.26 Å². The van der Waals surface area contributed by atoms with Crippen molar-refractivity contribution in [2.45, 2.75) is 25.5 Å². The normalized spacial score (nSPS) is 12.3. The number of Topliss-reactive ketones (excluding diaryl/α,β-unsaturated/α-hetero) is 1. The zero-order valence-corrected chi connectivity index (χ0v) is 9.56. The fourth-order valence-corrected chi connectivity index (χ4v) is 0.995. The van der Waals surface area contributed by atoms with Gasteiger partial charge in [-0.1, -0.05) is 0 Å². The highest BCUT2D eigenvalue weighted by molar-refractivity contribution is 7.92. The van der Waals surface area contributed by atoms with Gasteiger partial charge in [-0.25, -0.2) is 8.42 Å². The van der Waals surface area contributed by atoms with Crippen LogP contribution in [0.25, 0.3) is 0 Å². The van der Waals surface area contributed by atoms with Crippen LogP contribution in [0.15, 0.2) is 0 Å². The summed E-state index contributed by atoms with van der Waals surface area (Å²) in [6, 6.07) is 0. The van der Waals surface area contributed by atoms with Crippen molar-refractivity contribution in [2.24, 2.45) is 0 Å². The number of amides is 1. The van der Waals surface area contributed by atoms with E-state index in [0.717, 1.165) is 6.26 Å². The lowest BCUT2D eigenvalue weighted by Crippen LogP contribution is -2.48. The van der Waals surface area contributed by atoms with Crippen LogP contribution in [0.2, 0.25) is 0 Å². The molecule has 0 radical (unpaired) electrons. The van der Waals surface area contributed by atoms with Crippen molar-refractivity contribution >= 4 is 21.5 Å². The van der Waals surface area contributed by atoms with Crippen LogP contribution in [0.3, 0.4) is 0 Å². The Balaban J connectivity index is 4.62. The summed E-state index contributed by atoms with van der Waals surface area (Å²) in [6.07, 6.45) is 0.986. The lowest BCUT2D eigenvalue weighted by atomic mass is 10.2. The molecule has 0 saturated heterocycles. The van der Waals surface area contributed by atoms with E-state index in [1.54, 1.807) is 0 Å². The minimum atomic E-state index is -3.47. The quantitative estimate of drug-likeness (QED) is 0.695. The Morgan fingerprint density at radius 2 is 1.71 bits per heavy atom. The standard InChI is InChI=1S/C8H15NO4S/c1-6(10)5-9-7(11)8(2,3)14(4,12)13/h5H2,1-4H3,(H,9,11). The van der Waals surface area contributed by atoms with Gasteiger partial charge in [-0.15, -0.1) is 0 Å². The van der Waals surface area contributed by atoms with Crippen LogP contribution in [0.1, 0.15) is 20.8 Å². The molecule has 0 aromatic heterocycles. The molecule has 1 N–H and O–H groups in total. The van der Waals surface area contributed by atoms with Gasteiger partial charge in [0.2, 0.25) is 5.91 Å². The summed E-state index contributed by atoms with van der Waals surface area (Å²) < 4.78 is 20.9. The molecule has 0 spiro atoms. The molecule has 0 heterocycles. The number of hydrogen-bond donors (Lipinski definition) is 1. The maximum absolute atomic E-state index is 11.4. The van der Waals surface area contributed by atoms with E-state index in [1.807, 2.05) is 0 Å². The fraction of sp³-hybridized carbons (Fsp3) is 0.750. The smallest absolute Gasteiger partial charge is 0.241 e. The van der Waals surface area contributed by atoms with Crippen LogP contribution in [0.4, 0.5) is 0 Å². The SMILES string of the molecule is CC(=O)CNC(=O)C(C)(C)S(C)(=O)=O. The van der Waals surface area contributed by atoms with Crippen molar-refractivity contribution in [1.82, 2.24) is 5.32 Å². The first-order valence-corrected chi connectivity index (χ1v) is 5.95. The van der Waals surface area contributed by atoms with E-state index >= 15 is 0 Å². The van der Waals surface area contributed by atoms with Gasteiger partial charge in [0.25, 0.3) is 0 Å². The topological polar surface area (TPSA) is 80.3 Å². The third-order valence-electron chi connectivity index (χ3n) is 1.97. The van der Waals surface area contributed by atoms with E-state index in [0.29, 0.717) is 0 Å². The van der Waals surface area contributed by atoms with Crippen LogP contribution in [0, 0.1) is 0 Å². The lowest BCUT2D eigenvalue weighted by Gasteiger charge is -2.20. The molecule has 0 saturated carbocycles. The van der Waals surface area contributed by atoms with Gasteiger partial charge in [0.15, 0.2) is 9.84 Å². The summed E-state index contributed by atoms with van der Waals surface area (Å²) in [4.78, 5) is 21.9. The molecule has 0 unspecified atom stereocenters. The Kier molecular flexibility index (Phi) is 3.81. The molecule has 0 fully saturated rings. The van der Waals surface area contributed by atoms with Gasteiger partial charge < -0.3 is 5.32 Å². The summed E-state index contributed by atoms with van der Waals surface area (Å²) in [5, 5.41) is 2.26. The molecule has 0 aromatic carbocycles. The first-order valence-electron chi connectivity index (χ1n) is 4.06. The van der Waals surface area contributed by atoms with E-state index in [2.05, 4.69) is 5.32 Å². The monoisotopic (exact) mass is 221 g/mol. The summed E-state index contributed by atoms with van der Waals surface area (Å²) >= 11 is 0. The maximum atomic E-state index is 11.4. The number of rotatable bonds is 4. The minimum Gasteiger partial charge on any atom is -0.348 e. The van der Waals surface area contributed by atoms with Gasteiger partial charge >= 0.3 is 0 Å². The third kappa shape index (κ3) is 3.10. The minimum absolute atomic E-state index is 0.141. The molecule has 1 amide bonds. The number of ketones is 1. The molecule has 6 heteroatoms. The molecular formula is C8H15NO4S. The Labute approximate surface area is 83.8 Å². The summed E-state index contributed by atoms with van der Waals surface area (Å²) in [5.41, 5.74) is 0. The molecule has 0 bridgehead atoms. The van der Waals surface area contributed by atoms with Crippen molar-refractivity contribution in [3.05, 3.63) is 0 Å². The molecule has 14 heavy (non-hydrogen) atoms.